The first-order valence-corrected chi connectivity index (χ1v) is 6.82. The van der Waals surface area contributed by atoms with E-state index in [0.29, 0.717) is 0 Å². The number of hydrogen-bond acceptors (Lipinski definition) is 3. The van der Waals surface area contributed by atoms with Crippen LogP contribution in [0.25, 0.3) is 10.2 Å². The highest BCUT2D eigenvalue weighted by Gasteiger charge is 2.25. The molecule has 0 N–H and O–H groups in total. The molecule has 2 aromatic rings. The molecule has 2 nitrogen and oxygen atoms in total. The molecule has 0 radical (unpaired) electrons. The molecule has 92 valence electrons. The van der Waals surface area contributed by atoms with Crippen LogP contribution in [0.3, 0.4) is 0 Å². The lowest BCUT2D eigenvalue weighted by Crippen LogP contribution is -2.17. The topological polar surface area (TPSA) is 25.8 Å². The monoisotopic (exact) mass is 248 g/mol. The first-order valence-electron chi connectivity index (χ1n) is 5.94. The second-order valence-corrected chi connectivity index (χ2v) is 7.41. The minimum absolute atomic E-state index is 0.0706. The summed E-state index contributed by atoms with van der Waals surface area (Å²) in [6.07, 6.45) is 2.00. The van der Waals surface area contributed by atoms with Crippen molar-refractivity contribution in [1.29, 1.82) is 0 Å². The molecule has 0 unspecified atom stereocenters. The van der Waals surface area contributed by atoms with Crippen LogP contribution >= 0.6 is 11.3 Å². The smallest absolute Gasteiger partial charge is 0.0883 e. The van der Waals surface area contributed by atoms with Crippen LogP contribution in [0, 0.1) is 0 Å². The van der Waals surface area contributed by atoms with E-state index in [-0.39, 0.29) is 10.8 Å². The molecule has 0 aliphatic carbocycles. The van der Waals surface area contributed by atoms with Gasteiger partial charge >= 0.3 is 0 Å². The van der Waals surface area contributed by atoms with Crippen molar-refractivity contribution in [3.05, 3.63) is 23.0 Å². The predicted octanol–water partition coefficient (Wildman–Crippen LogP) is 4.29. The zero-order valence-corrected chi connectivity index (χ0v) is 12.3. The average molecular weight is 248 g/mol. The van der Waals surface area contributed by atoms with Crippen LogP contribution in [0.1, 0.15) is 52.8 Å². The normalized spacial score (nSPS) is 13.3. The molecule has 0 spiro atoms. The van der Waals surface area contributed by atoms with Crippen molar-refractivity contribution in [2.45, 2.75) is 52.4 Å². The van der Waals surface area contributed by atoms with Crippen LogP contribution < -0.4 is 0 Å². The van der Waals surface area contributed by atoms with E-state index < -0.39 is 0 Å². The van der Waals surface area contributed by atoms with E-state index in [1.54, 1.807) is 11.3 Å². The molecule has 2 rings (SSSR count). The van der Waals surface area contributed by atoms with Gasteiger partial charge in [0.05, 0.1) is 21.4 Å². The Hall–Kier alpha value is -0.960. The lowest BCUT2D eigenvalue weighted by atomic mass is 9.85. The Kier molecular flexibility index (Phi) is 2.77. The number of pyridine rings is 1. The summed E-state index contributed by atoms with van der Waals surface area (Å²) < 4.78 is 1.24. The van der Waals surface area contributed by atoms with Gasteiger partial charge in [-0.2, -0.15) is 0 Å². The Labute approximate surface area is 107 Å². The molecular weight excluding hydrogens is 228 g/mol. The largest absolute Gasteiger partial charge is 0.259 e. The van der Waals surface area contributed by atoms with Gasteiger partial charge in [0.25, 0.3) is 0 Å². The molecule has 0 amide bonds. The predicted molar refractivity (Wildman–Crippen MR) is 74.8 cm³/mol. The van der Waals surface area contributed by atoms with Gasteiger partial charge in [-0.15, -0.1) is 11.3 Å². The van der Waals surface area contributed by atoms with E-state index in [9.17, 15) is 0 Å². The summed E-state index contributed by atoms with van der Waals surface area (Å²) in [5, 5.41) is 0. The van der Waals surface area contributed by atoms with Gasteiger partial charge in [-0.3, -0.25) is 4.98 Å². The van der Waals surface area contributed by atoms with Crippen molar-refractivity contribution in [1.82, 2.24) is 9.97 Å². The third-order valence-corrected chi connectivity index (χ3v) is 3.71. The second-order valence-electron chi connectivity index (χ2n) is 6.55. The summed E-state index contributed by atoms with van der Waals surface area (Å²) in [5.74, 6) is 0. The second kappa shape index (κ2) is 3.77. The van der Waals surface area contributed by atoms with Crippen LogP contribution in [0.2, 0.25) is 0 Å². The fourth-order valence-corrected chi connectivity index (χ4v) is 2.95. The summed E-state index contributed by atoms with van der Waals surface area (Å²) in [7, 11) is 0. The Morgan fingerprint density at radius 3 is 2.12 bits per heavy atom. The van der Waals surface area contributed by atoms with Crippen molar-refractivity contribution in [2.75, 3.05) is 0 Å². The standard InChI is InChI=1S/C14H20N2S/c1-13(2,3)9-7-15-12(14(4,5)6)11-10(9)16-8-17-11/h7-8H,1-6H3. The Morgan fingerprint density at radius 2 is 1.59 bits per heavy atom. The minimum atomic E-state index is 0.0706. The van der Waals surface area contributed by atoms with Gasteiger partial charge in [-0.25, -0.2) is 4.98 Å². The number of rotatable bonds is 0. The zero-order valence-electron chi connectivity index (χ0n) is 11.5. The third-order valence-electron chi connectivity index (χ3n) is 2.88. The van der Waals surface area contributed by atoms with Crippen LogP contribution in [-0.2, 0) is 10.8 Å². The van der Waals surface area contributed by atoms with Crippen molar-refractivity contribution < 1.29 is 0 Å². The molecule has 0 fully saturated rings. The summed E-state index contributed by atoms with van der Waals surface area (Å²) in [5.41, 5.74) is 5.61. The van der Waals surface area contributed by atoms with E-state index in [2.05, 4.69) is 51.5 Å². The summed E-state index contributed by atoms with van der Waals surface area (Å²) in [6.45, 7) is 13.2. The van der Waals surface area contributed by atoms with Crippen molar-refractivity contribution in [3.8, 4) is 0 Å². The molecule has 0 aliphatic heterocycles. The van der Waals surface area contributed by atoms with Crippen LogP contribution in [0.4, 0.5) is 0 Å². The van der Waals surface area contributed by atoms with Gasteiger partial charge in [-0.05, 0) is 5.41 Å². The molecule has 0 aliphatic rings. The molecule has 3 heteroatoms. The molecular formula is C14H20N2S. The molecule has 0 aromatic carbocycles. The Bertz CT molecular complexity index is 493. The van der Waals surface area contributed by atoms with E-state index >= 15 is 0 Å². The van der Waals surface area contributed by atoms with Crippen LogP contribution in [-0.4, -0.2) is 9.97 Å². The van der Waals surface area contributed by atoms with Crippen LogP contribution in [0.15, 0.2) is 11.7 Å². The molecule has 0 atom stereocenters. The maximum atomic E-state index is 4.69. The highest BCUT2D eigenvalue weighted by molar-refractivity contribution is 7.17. The number of thiazole rings is 1. The fourth-order valence-electron chi connectivity index (χ4n) is 1.94. The Morgan fingerprint density at radius 1 is 0.941 bits per heavy atom. The van der Waals surface area contributed by atoms with Gasteiger partial charge in [0.15, 0.2) is 0 Å². The third kappa shape index (κ3) is 2.21. The zero-order chi connectivity index (χ0) is 12.8. The summed E-state index contributed by atoms with van der Waals surface area (Å²) in [6, 6.07) is 0. The van der Waals surface area contributed by atoms with E-state index in [1.165, 1.54) is 10.3 Å². The quantitative estimate of drug-likeness (QED) is 0.695. The summed E-state index contributed by atoms with van der Waals surface area (Å²) in [4.78, 5) is 9.23. The maximum Gasteiger partial charge on any atom is 0.0883 e. The van der Waals surface area contributed by atoms with Crippen molar-refractivity contribution in [2.24, 2.45) is 0 Å². The molecule has 2 heterocycles. The number of aromatic nitrogens is 2. The maximum absolute atomic E-state index is 4.69. The lowest BCUT2D eigenvalue weighted by molar-refractivity contribution is 0.566. The van der Waals surface area contributed by atoms with Crippen LogP contribution in [0.5, 0.6) is 0 Å². The molecule has 17 heavy (non-hydrogen) atoms. The van der Waals surface area contributed by atoms with Gasteiger partial charge < -0.3 is 0 Å². The number of nitrogens with zero attached hydrogens (tertiary/aromatic N) is 2. The van der Waals surface area contributed by atoms with E-state index in [1.807, 2.05) is 11.7 Å². The highest BCUT2D eigenvalue weighted by atomic mass is 32.1. The fraction of sp³-hybridized carbons (Fsp3) is 0.571. The first kappa shape index (κ1) is 12.5. The molecule has 0 saturated heterocycles. The van der Waals surface area contributed by atoms with Gasteiger partial charge in [-0.1, -0.05) is 41.5 Å². The van der Waals surface area contributed by atoms with Crippen molar-refractivity contribution in [3.63, 3.8) is 0 Å². The highest BCUT2D eigenvalue weighted by Crippen LogP contribution is 2.35. The number of hydrogen-bond donors (Lipinski definition) is 0. The van der Waals surface area contributed by atoms with Crippen molar-refractivity contribution >= 4 is 21.6 Å². The molecule has 2 aromatic heterocycles. The van der Waals surface area contributed by atoms with Gasteiger partial charge in [0.2, 0.25) is 0 Å². The minimum Gasteiger partial charge on any atom is -0.259 e. The molecule has 0 bridgehead atoms. The molecule has 0 saturated carbocycles. The van der Waals surface area contributed by atoms with Gasteiger partial charge in [0.1, 0.15) is 0 Å². The van der Waals surface area contributed by atoms with Gasteiger partial charge in [0, 0.05) is 17.2 Å². The first-order chi connectivity index (χ1) is 7.71. The van der Waals surface area contributed by atoms with E-state index in [4.69, 9.17) is 0 Å². The lowest BCUT2D eigenvalue weighted by Gasteiger charge is -2.23. The van der Waals surface area contributed by atoms with E-state index in [0.717, 1.165) is 11.2 Å². The summed E-state index contributed by atoms with van der Waals surface area (Å²) >= 11 is 1.70. The SMILES string of the molecule is CC(C)(C)c1cnc(C(C)(C)C)c2scnc12. The number of fused-ring (bicyclic) bond motifs is 1. The Balaban J connectivity index is 2.76. The average Bonchev–Trinajstić information content (AvgIpc) is 2.60.